The molecule has 0 unspecified atom stereocenters. The molecule has 1 aromatic heterocycles. The quantitative estimate of drug-likeness (QED) is 0.924. The van der Waals surface area contributed by atoms with E-state index < -0.39 is 0 Å². The molecule has 1 aliphatic rings. The molecule has 20 heavy (non-hydrogen) atoms. The van der Waals surface area contributed by atoms with E-state index in [0.717, 1.165) is 43.6 Å². The summed E-state index contributed by atoms with van der Waals surface area (Å²) in [5, 5.41) is 1.69. The molecule has 0 aliphatic carbocycles. The second kappa shape index (κ2) is 5.46. The molecule has 0 atom stereocenters. The lowest BCUT2D eigenvalue weighted by atomic mass is 10.2. The van der Waals surface area contributed by atoms with Crippen molar-refractivity contribution in [1.82, 2.24) is 14.8 Å². The molecule has 1 saturated heterocycles. The summed E-state index contributed by atoms with van der Waals surface area (Å²) in [6.07, 6.45) is 0. The van der Waals surface area contributed by atoms with Crippen molar-refractivity contribution in [3.63, 3.8) is 0 Å². The van der Waals surface area contributed by atoms with Crippen LogP contribution in [0, 0.1) is 0 Å². The summed E-state index contributed by atoms with van der Waals surface area (Å²) in [6.45, 7) is 6.69. The van der Waals surface area contributed by atoms with Gasteiger partial charge in [-0.25, -0.2) is 0 Å². The number of nitrogens with zero attached hydrogens (tertiary/aromatic N) is 2. The van der Waals surface area contributed by atoms with E-state index in [2.05, 4.69) is 16.8 Å². The number of nitrogens with one attached hydrogen (secondary N) is 1. The SMILES string of the molecule is CCN1CCN(C(=O)c2cc3ccc(Cl)cc3[nH]2)CC1. The monoisotopic (exact) mass is 291 g/mol. The molecule has 1 aliphatic heterocycles. The number of rotatable bonds is 2. The Hall–Kier alpha value is -1.52. The largest absolute Gasteiger partial charge is 0.350 e. The van der Waals surface area contributed by atoms with Crippen molar-refractivity contribution in [2.24, 2.45) is 0 Å². The summed E-state index contributed by atoms with van der Waals surface area (Å²) in [6, 6.07) is 7.52. The topological polar surface area (TPSA) is 39.3 Å². The first kappa shape index (κ1) is 13.5. The van der Waals surface area contributed by atoms with Gasteiger partial charge in [0.2, 0.25) is 0 Å². The third kappa shape index (κ3) is 2.53. The van der Waals surface area contributed by atoms with E-state index in [0.29, 0.717) is 10.7 Å². The number of fused-ring (bicyclic) bond motifs is 1. The maximum Gasteiger partial charge on any atom is 0.270 e. The van der Waals surface area contributed by atoms with Crippen molar-refractivity contribution in [3.05, 3.63) is 35.0 Å². The van der Waals surface area contributed by atoms with Crippen LogP contribution in [0.5, 0.6) is 0 Å². The summed E-state index contributed by atoms with van der Waals surface area (Å²) < 4.78 is 0. The van der Waals surface area contributed by atoms with E-state index in [1.54, 1.807) is 0 Å². The molecular formula is C15H18ClN3O. The highest BCUT2D eigenvalue weighted by Gasteiger charge is 2.22. The number of likely N-dealkylation sites (N-methyl/N-ethyl adjacent to an activating group) is 1. The maximum atomic E-state index is 12.5. The zero-order chi connectivity index (χ0) is 14.1. The van der Waals surface area contributed by atoms with Crippen LogP contribution in [0.15, 0.2) is 24.3 Å². The second-order valence-corrected chi connectivity index (χ2v) is 5.58. The number of benzene rings is 1. The number of aromatic nitrogens is 1. The molecule has 3 rings (SSSR count). The standard InChI is InChI=1S/C15H18ClN3O/c1-2-18-5-7-19(8-6-18)15(20)14-9-11-3-4-12(16)10-13(11)17-14/h3-4,9-10,17H,2,5-8H2,1H3. The van der Waals surface area contributed by atoms with Crippen molar-refractivity contribution in [3.8, 4) is 0 Å². The van der Waals surface area contributed by atoms with Crippen molar-refractivity contribution < 1.29 is 4.79 Å². The average molecular weight is 292 g/mol. The Morgan fingerprint density at radius 2 is 2.00 bits per heavy atom. The minimum atomic E-state index is 0.0769. The lowest BCUT2D eigenvalue weighted by Crippen LogP contribution is -2.48. The van der Waals surface area contributed by atoms with E-state index in [9.17, 15) is 4.79 Å². The highest BCUT2D eigenvalue weighted by molar-refractivity contribution is 6.31. The normalized spacial score (nSPS) is 16.8. The van der Waals surface area contributed by atoms with Gasteiger partial charge in [-0.05, 0) is 24.7 Å². The molecule has 1 aromatic carbocycles. The lowest BCUT2D eigenvalue weighted by molar-refractivity contribution is 0.0638. The van der Waals surface area contributed by atoms with Crippen LogP contribution in [-0.4, -0.2) is 53.4 Å². The van der Waals surface area contributed by atoms with Gasteiger partial charge in [-0.15, -0.1) is 0 Å². The van der Waals surface area contributed by atoms with Crippen molar-refractivity contribution in [1.29, 1.82) is 0 Å². The van der Waals surface area contributed by atoms with Gasteiger partial charge >= 0.3 is 0 Å². The third-order valence-electron chi connectivity index (χ3n) is 3.92. The van der Waals surface area contributed by atoms with Crippen LogP contribution in [0.3, 0.4) is 0 Å². The fourth-order valence-corrected chi connectivity index (χ4v) is 2.82. The molecule has 0 bridgehead atoms. The van der Waals surface area contributed by atoms with Gasteiger partial charge in [-0.3, -0.25) is 4.79 Å². The van der Waals surface area contributed by atoms with E-state index in [-0.39, 0.29) is 5.91 Å². The Kier molecular flexibility index (Phi) is 3.68. The fourth-order valence-electron chi connectivity index (χ4n) is 2.65. The van der Waals surface area contributed by atoms with E-state index >= 15 is 0 Å². The minimum absolute atomic E-state index is 0.0769. The highest BCUT2D eigenvalue weighted by atomic mass is 35.5. The number of amides is 1. The number of H-pyrrole nitrogens is 1. The first-order chi connectivity index (χ1) is 9.67. The molecule has 5 heteroatoms. The van der Waals surface area contributed by atoms with Gasteiger partial charge in [-0.1, -0.05) is 24.6 Å². The van der Waals surface area contributed by atoms with Crippen molar-refractivity contribution in [2.45, 2.75) is 6.92 Å². The molecule has 1 amide bonds. The zero-order valence-electron chi connectivity index (χ0n) is 11.5. The van der Waals surface area contributed by atoms with E-state index in [4.69, 9.17) is 11.6 Å². The molecular weight excluding hydrogens is 274 g/mol. The van der Waals surface area contributed by atoms with Crippen LogP contribution < -0.4 is 0 Å². The first-order valence-corrected chi connectivity index (χ1v) is 7.35. The molecule has 106 valence electrons. The molecule has 0 saturated carbocycles. The molecule has 0 radical (unpaired) electrons. The summed E-state index contributed by atoms with van der Waals surface area (Å²) in [4.78, 5) is 19.9. The third-order valence-corrected chi connectivity index (χ3v) is 4.16. The minimum Gasteiger partial charge on any atom is -0.350 e. The van der Waals surface area contributed by atoms with Gasteiger partial charge in [-0.2, -0.15) is 0 Å². The number of carbonyl (C=O) groups excluding carboxylic acids is 1. The second-order valence-electron chi connectivity index (χ2n) is 5.14. The van der Waals surface area contributed by atoms with Crippen LogP contribution >= 0.6 is 11.6 Å². The average Bonchev–Trinajstić information content (AvgIpc) is 2.89. The fraction of sp³-hybridized carbons (Fsp3) is 0.400. The number of piperazine rings is 1. The van der Waals surface area contributed by atoms with Crippen molar-refractivity contribution in [2.75, 3.05) is 32.7 Å². The highest BCUT2D eigenvalue weighted by Crippen LogP contribution is 2.21. The van der Waals surface area contributed by atoms with Crippen LogP contribution in [0.2, 0.25) is 5.02 Å². The van der Waals surface area contributed by atoms with Crippen LogP contribution in [0.1, 0.15) is 17.4 Å². The summed E-state index contributed by atoms with van der Waals surface area (Å²) in [5.74, 6) is 0.0769. The Labute approximate surface area is 123 Å². The van der Waals surface area contributed by atoms with E-state index in [1.807, 2.05) is 29.2 Å². The van der Waals surface area contributed by atoms with Gasteiger partial charge in [0.1, 0.15) is 5.69 Å². The van der Waals surface area contributed by atoms with Crippen LogP contribution in [-0.2, 0) is 0 Å². The van der Waals surface area contributed by atoms with Gasteiger partial charge in [0, 0.05) is 42.1 Å². The predicted octanol–water partition coefficient (Wildman–Crippen LogP) is 2.60. The number of halogens is 1. The maximum absolute atomic E-state index is 12.5. The Bertz CT molecular complexity index is 629. The van der Waals surface area contributed by atoms with Crippen molar-refractivity contribution >= 4 is 28.4 Å². The zero-order valence-corrected chi connectivity index (χ0v) is 12.3. The first-order valence-electron chi connectivity index (χ1n) is 6.97. The lowest BCUT2D eigenvalue weighted by Gasteiger charge is -2.33. The summed E-state index contributed by atoms with van der Waals surface area (Å²) in [7, 11) is 0. The molecule has 0 spiro atoms. The van der Waals surface area contributed by atoms with Crippen LogP contribution in [0.4, 0.5) is 0 Å². The van der Waals surface area contributed by atoms with Gasteiger partial charge in [0.05, 0.1) is 0 Å². The molecule has 1 fully saturated rings. The van der Waals surface area contributed by atoms with Gasteiger partial charge < -0.3 is 14.8 Å². The van der Waals surface area contributed by atoms with Crippen LogP contribution in [0.25, 0.3) is 10.9 Å². The summed E-state index contributed by atoms with van der Waals surface area (Å²) >= 11 is 5.97. The number of hydrogen-bond donors (Lipinski definition) is 1. The van der Waals surface area contributed by atoms with Gasteiger partial charge in [0.15, 0.2) is 0 Å². The molecule has 2 aromatic rings. The molecule has 4 nitrogen and oxygen atoms in total. The van der Waals surface area contributed by atoms with E-state index in [1.165, 1.54) is 0 Å². The Balaban J connectivity index is 1.79. The smallest absolute Gasteiger partial charge is 0.270 e. The Morgan fingerprint density at radius 1 is 1.25 bits per heavy atom. The van der Waals surface area contributed by atoms with Gasteiger partial charge in [0.25, 0.3) is 5.91 Å². The predicted molar refractivity (Wildman–Crippen MR) is 81.3 cm³/mol. The number of hydrogen-bond acceptors (Lipinski definition) is 2. The number of aromatic amines is 1. The molecule has 2 heterocycles. The molecule has 1 N–H and O–H groups in total. The summed E-state index contributed by atoms with van der Waals surface area (Å²) in [5.41, 5.74) is 1.56. The Morgan fingerprint density at radius 3 is 2.70 bits per heavy atom. The number of carbonyl (C=O) groups is 1.